The molecular weight excluding hydrogens is 364 g/mol. The summed E-state index contributed by atoms with van der Waals surface area (Å²) in [5.41, 5.74) is 2.64. The number of para-hydroxylation sites is 1. The van der Waals surface area contributed by atoms with Crippen molar-refractivity contribution in [2.45, 2.75) is 13.3 Å². The number of anilines is 1. The van der Waals surface area contributed by atoms with Gasteiger partial charge in [0.15, 0.2) is 5.76 Å². The number of carbonyl (C=O) groups is 1. The van der Waals surface area contributed by atoms with Crippen LogP contribution in [0.2, 0.25) is 0 Å². The predicted molar refractivity (Wildman–Crippen MR) is 101 cm³/mol. The Labute approximate surface area is 159 Å². The van der Waals surface area contributed by atoms with Gasteiger partial charge in [0, 0.05) is 23.2 Å². The van der Waals surface area contributed by atoms with Crippen LogP contribution >= 0.6 is 0 Å². The first-order valence-electron chi connectivity index (χ1n) is 8.57. The van der Waals surface area contributed by atoms with E-state index in [1.807, 2.05) is 31.2 Å². The van der Waals surface area contributed by atoms with Crippen LogP contribution in [-0.4, -0.2) is 16.0 Å². The third kappa shape index (κ3) is 3.59. The average molecular weight is 379 g/mol. The highest BCUT2D eigenvalue weighted by atomic mass is 19.1. The van der Waals surface area contributed by atoms with Gasteiger partial charge < -0.3 is 9.84 Å². The van der Waals surface area contributed by atoms with Crippen LogP contribution in [0.3, 0.4) is 0 Å². The van der Waals surface area contributed by atoms with Crippen molar-refractivity contribution >= 4 is 22.5 Å². The number of fused-ring (bicyclic) bond motifs is 1. The fourth-order valence-electron chi connectivity index (χ4n) is 2.98. The molecule has 28 heavy (non-hydrogen) atoms. The van der Waals surface area contributed by atoms with Gasteiger partial charge in [0.2, 0.25) is 5.91 Å². The quantitative estimate of drug-likeness (QED) is 0.560. The van der Waals surface area contributed by atoms with Crippen molar-refractivity contribution in [3.05, 3.63) is 77.6 Å². The molecule has 4 aromatic rings. The third-order valence-electron chi connectivity index (χ3n) is 4.22. The minimum atomic E-state index is -0.758. The molecule has 0 spiro atoms. The van der Waals surface area contributed by atoms with Gasteiger partial charge >= 0.3 is 0 Å². The van der Waals surface area contributed by atoms with E-state index in [0.29, 0.717) is 11.4 Å². The van der Waals surface area contributed by atoms with Gasteiger partial charge in [-0.3, -0.25) is 9.78 Å². The summed E-state index contributed by atoms with van der Waals surface area (Å²) in [5.74, 6) is -1.60. The Kier molecular flexibility index (Phi) is 4.57. The van der Waals surface area contributed by atoms with Crippen molar-refractivity contribution < 1.29 is 18.1 Å². The van der Waals surface area contributed by atoms with E-state index in [0.717, 1.165) is 28.7 Å². The Morgan fingerprint density at radius 2 is 1.93 bits per heavy atom. The summed E-state index contributed by atoms with van der Waals surface area (Å²) in [6.45, 7) is 1.85. The van der Waals surface area contributed by atoms with Crippen LogP contribution < -0.4 is 5.32 Å². The highest BCUT2D eigenvalue weighted by molar-refractivity contribution is 6.01. The number of hydrogen-bond donors (Lipinski definition) is 1. The molecule has 0 bridgehead atoms. The van der Waals surface area contributed by atoms with Gasteiger partial charge in [-0.1, -0.05) is 23.4 Å². The minimum absolute atomic E-state index is 0.0536. The summed E-state index contributed by atoms with van der Waals surface area (Å²) in [6, 6.07) is 13.9. The lowest BCUT2D eigenvalue weighted by Crippen LogP contribution is -2.15. The van der Waals surface area contributed by atoms with Gasteiger partial charge in [-0.15, -0.1) is 0 Å². The number of benzene rings is 2. The number of hydrogen-bond acceptors (Lipinski definition) is 4. The molecule has 0 aliphatic rings. The standard InChI is InChI=1S/C21H15F2N3O2/c1-12-8-19(16-4-2-3-5-18(16)24-12)25-21(27)11-14-10-20(28-26-14)15-7-6-13(22)9-17(15)23/h2-10H,11H2,1H3,(H,24,25,27). The third-order valence-corrected chi connectivity index (χ3v) is 4.22. The summed E-state index contributed by atoms with van der Waals surface area (Å²) in [6.07, 6.45) is -0.0536. The Morgan fingerprint density at radius 1 is 1.11 bits per heavy atom. The second-order valence-corrected chi connectivity index (χ2v) is 6.36. The minimum Gasteiger partial charge on any atom is -0.356 e. The maximum absolute atomic E-state index is 13.9. The molecule has 0 radical (unpaired) electrons. The Balaban J connectivity index is 1.53. The lowest BCUT2D eigenvalue weighted by molar-refractivity contribution is -0.115. The van der Waals surface area contributed by atoms with Gasteiger partial charge in [0.05, 0.1) is 28.9 Å². The number of pyridine rings is 1. The second kappa shape index (κ2) is 7.19. The van der Waals surface area contributed by atoms with Crippen LogP contribution in [0.15, 0.2) is 59.1 Å². The molecule has 4 rings (SSSR count). The Morgan fingerprint density at radius 3 is 2.75 bits per heavy atom. The van der Waals surface area contributed by atoms with E-state index in [4.69, 9.17) is 4.52 Å². The van der Waals surface area contributed by atoms with E-state index >= 15 is 0 Å². The van der Waals surface area contributed by atoms with Gasteiger partial charge in [-0.2, -0.15) is 0 Å². The fourth-order valence-corrected chi connectivity index (χ4v) is 2.98. The summed E-state index contributed by atoms with van der Waals surface area (Å²) < 4.78 is 32.0. The average Bonchev–Trinajstić information content (AvgIpc) is 3.09. The van der Waals surface area contributed by atoms with E-state index in [1.165, 1.54) is 12.1 Å². The maximum Gasteiger partial charge on any atom is 0.230 e. The van der Waals surface area contributed by atoms with Crippen molar-refractivity contribution in [2.75, 3.05) is 5.32 Å². The van der Waals surface area contributed by atoms with Crippen LogP contribution in [0.1, 0.15) is 11.4 Å². The largest absolute Gasteiger partial charge is 0.356 e. The molecule has 1 N–H and O–H groups in total. The fraction of sp³-hybridized carbons (Fsp3) is 0.0952. The van der Waals surface area contributed by atoms with Crippen LogP contribution in [0.25, 0.3) is 22.2 Å². The zero-order valence-corrected chi connectivity index (χ0v) is 14.9. The number of halogens is 2. The first kappa shape index (κ1) is 17.8. The number of aromatic nitrogens is 2. The molecule has 2 aromatic carbocycles. The zero-order chi connectivity index (χ0) is 19.7. The van der Waals surface area contributed by atoms with Crippen LogP contribution in [0.4, 0.5) is 14.5 Å². The molecule has 140 valence electrons. The van der Waals surface area contributed by atoms with Gasteiger partial charge in [-0.25, -0.2) is 8.78 Å². The molecule has 1 amide bonds. The lowest BCUT2D eigenvalue weighted by Gasteiger charge is -2.09. The van der Waals surface area contributed by atoms with E-state index in [2.05, 4.69) is 15.5 Å². The lowest BCUT2D eigenvalue weighted by atomic mass is 10.1. The van der Waals surface area contributed by atoms with Crippen molar-refractivity contribution in [3.63, 3.8) is 0 Å². The Hall–Kier alpha value is -3.61. The van der Waals surface area contributed by atoms with Crippen LogP contribution in [0.5, 0.6) is 0 Å². The van der Waals surface area contributed by atoms with Crippen LogP contribution in [0, 0.1) is 18.6 Å². The molecule has 0 atom stereocenters. The SMILES string of the molecule is Cc1cc(NC(=O)Cc2cc(-c3ccc(F)cc3F)on2)c2ccccc2n1. The van der Waals surface area contributed by atoms with Crippen molar-refractivity contribution in [1.82, 2.24) is 10.1 Å². The molecule has 0 aliphatic carbocycles. The van der Waals surface area contributed by atoms with E-state index in [9.17, 15) is 13.6 Å². The molecule has 0 fully saturated rings. The van der Waals surface area contributed by atoms with E-state index in [-0.39, 0.29) is 23.7 Å². The summed E-state index contributed by atoms with van der Waals surface area (Å²) in [5, 5.41) is 7.50. The highest BCUT2D eigenvalue weighted by Crippen LogP contribution is 2.25. The number of carbonyl (C=O) groups excluding carboxylic acids is 1. The summed E-state index contributed by atoms with van der Waals surface area (Å²) >= 11 is 0. The van der Waals surface area contributed by atoms with Crippen molar-refractivity contribution in [1.29, 1.82) is 0 Å². The van der Waals surface area contributed by atoms with Gasteiger partial charge in [0.25, 0.3) is 0 Å². The van der Waals surface area contributed by atoms with E-state index in [1.54, 1.807) is 6.07 Å². The van der Waals surface area contributed by atoms with Gasteiger partial charge in [0.1, 0.15) is 11.6 Å². The summed E-state index contributed by atoms with van der Waals surface area (Å²) in [4.78, 5) is 16.9. The Bertz CT molecular complexity index is 1190. The normalized spacial score (nSPS) is 11.0. The molecule has 2 aromatic heterocycles. The monoisotopic (exact) mass is 379 g/mol. The van der Waals surface area contributed by atoms with Crippen LogP contribution in [-0.2, 0) is 11.2 Å². The van der Waals surface area contributed by atoms with E-state index < -0.39 is 11.6 Å². The number of amides is 1. The summed E-state index contributed by atoms with van der Waals surface area (Å²) in [7, 11) is 0. The topological polar surface area (TPSA) is 68.0 Å². The number of aryl methyl sites for hydroxylation is 1. The van der Waals surface area contributed by atoms with Crippen molar-refractivity contribution in [2.24, 2.45) is 0 Å². The number of nitrogens with zero attached hydrogens (tertiary/aromatic N) is 2. The molecule has 0 saturated carbocycles. The van der Waals surface area contributed by atoms with Gasteiger partial charge in [-0.05, 0) is 31.2 Å². The highest BCUT2D eigenvalue weighted by Gasteiger charge is 2.15. The first-order chi connectivity index (χ1) is 13.5. The second-order valence-electron chi connectivity index (χ2n) is 6.36. The molecule has 0 saturated heterocycles. The predicted octanol–water partition coefficient (Wildman–Crippen LogP) is 4.66. The smallest absolute Gasteiger partial charge is 0.230 e. The molecule has 7 heteroatoms. The zero-order valence-electron chi connectivity index (χ0n) is 14.9. The molecule has 2 heterocycles. The van der Waals surface area contributed by atoms with Crippen molar-refractivity contribution in [3.8, 4) is 11.3 Å². The molecular formula is C21H15F2N3O2. The maximum atomic E-state index is 13.9. The molecule has 0 aliphatic heterocycles. The number of rotatable bonds is 4. The molecule has 0 unspecified atom stereocenters. The first-order valence-corrected chi connectivity index (χ1v) is 8.57. The number of nitrogens with one attached hydrogen (secondary N) is 1. The molecule has 5 nitrogen and oxygen atoms in total.